The van der Waals surface area contributed by atoms with Gasteiger partial charge in [0, 0.05) is 30.8 Å². The van der Waals surface area contributed by atoms with E-state index in [2.05, 4.69) is 28.6 Å². The highest BCUT2D eigenvalue weighted by atomic mass is 16.3. The summed E-state index contributed by atoms with van der Waals surface area (Å²) in [6.45, 7) is 2.17. The summed E-state index contributed by atoms with van der Waals surface area (Å²) < 4.78 is 1.94. The van der Waals surface area contributed by atoms with Crippen LogP contribution in [0.25, 0.3) is 10.9 Å². The second-order valence-electron chi connectivity index (χ2n) is 5.70. The van der Waals surface area contributed by atoms with Crippen molar-refractivity contribution in [1.29, 1.82) is 0 Å². The van der Waals surface area contributed by atoms with Crippen molar-refractivity contribution in [3.8, 4) is 0 Å². The Balaban J connectivity index is 1.96. The lowest BCUT2D eigenvalue weighted by Crippen LogP contribution is -2.44. The lowest BCUT2D eigenvalue weighted by atomic mass is 9.77. The second kappa shape index (κ2) is 4.94. The topological polar surface area (TPSA) is 50.1 Å². The molecule has 3 rings (SSSR count). The molecule has 2 heterocycles. The van der Waals surface area contributed by atoms with Crippen molar-refractivity contribution in [1.82, 2.24) is 15.1 Å². The average Bonchev–Trinajstić information content (AvgIpc) is 2.77. The maximum absolute atomic E-state index is 9.81. The summed E-state index contributed by atoms with van der Waals surface area (Å²) in [6, 6.07) is 8.31. The fraction of sp³-hybridized carbons (Fsp3) is 0.533. The van der Waals surface area contributed by atoms with E-state index in [1.54, 1.807) is 0 Å². The number of aromatic nitrogens is 2. The van der Waals surface area contributed by atoms with Crippen LogP contribution in [-0.4, -0.2) is 34.6 Å². The van der Waals surface area contributed by atoms with Crippen LogP contribution in [-0.2, 0) is 13.5 Å². The van der Waals surface area contributed by atoms with Gasteiger partial charge < -0.3 is 10.4 Å². The molecular weight excluding hydrogens is 238 g/mol. The average molecular weight is 259 g/mol. The smallest absolute Gasteiger partial charge is 0.0710 e. The van der Waals surface area contributed by atoms with Crippen molar-refractivity contribution >= 4 is 10.9 Å². The van der Waals surface area contributed by atoms with Crippen LogP contribution in [0.1, 0.15) is 18.5 Å². The fourth-order valence-electron chi connectivity index (χ4n) is 3.15. The quantitative estimate of drug-likeness (QED) is 0.878. The molecule has 102 valence electrons. The van der Waals surface area contributed by atoms with Crippen LogP contribution in [0.15, 0.2) is 24.3 Å². The van der Waals surface area contributed by atoms with Crippen LogP contribution in [0.4, 0.5) is 0 Å². The zero-order valence-electron chi connectivity index (χ0n) is 11.4. The Hall–Kier alpha value is -1.39. The van der Waals surface area contributed by atoms with Gasteiger partial charge in [-0.25, -0.2) is 0 Å². The summed E-state index contributed by atoms with van der Waals surface area (Å²) in [7, 11) is 1.98. The van der Waals surface area contributed by atoms with Gasteiger partial charge in [-0.2, -0.15) is 5.10 Å². The van der Waals surface area contributed by atoms with Gasteiger partial charge in [0.25, 0.3) is 0 Å². The normalized spacial score (nSPS) is 23.9. The molecular formula is C15H21N3O. The molecule has 0 saturated carbocycles. The molecule has 2 aromatic rings. The first-order chi connectivity index (χ1) is 9.24. The standard InChI is InChI=1S/C15H21N3O/c1-18-14-6-3-2-5-12(14)13(17-18)9-15(11-19)7-4-8-16-10-15/h2-3,5-6,16,19H,4,7-11H2,1H3. The minimum absolute atomic E-state index is 0.0463. The molecule has 1 unspecified atom stereocenters. The molecule has 1 aromatic heterocycles. The largest absolute Gasteiger partial charge is 0.396 e. The van der Waals surface area contributed by atoms with Gasteiger partial charge in [0.05, 0.1) is 17.8 Å². The minimum Gasteiger partial charge on any atom is -0.396 e. The molecule has 1 aromatic carbocycles. The van der Waals surface area contributed by atoms with Crippen LogP contribution >= 0.6 is 0 Å². The van der Waals surface area contributed by atoms with Crippen molar-refractivity contribution < 1.29 is 5.11 Å². The predicted molar refractivity (Wildman–Crippen MR) is 76.0 cm³/mol. The lowest BCUT2D eigenvalue weighted by Gasteiger charge is -2.35. The zero-order chi connectivity index (χ0) is 13.3. The Bertz CT molecular complexity index is 570. The summed E-state index contributed by atoms with van der Waals surface area (Å²) in [5.74, 6) is 0. The Morgan fingerprint density at radius 1 is 1.42 bits per heavy atom. The van der Waals surface area contributed by atoms with Gasteiger partial charge in [-0.15, -0.1) is 0 Å². The van der Waals surface area contributed by atoms with Crippen LogP contribution in [0.2, 0.25) is 0 Å². The first-order valence-corrected chi connectivity index (χ1v) is 6.96. The Labute approximate surface area is 113 Å². The number of fused-ring (bicyclic) bond motifs is 1. The summed E-state index contributed by atoms with van der Waals surface area (Å²) in [5.41, 5.74) is 2.22. The minimum atomic E-state index is -0.0463. The molecule has 1 aliphatic rings. The highest BCUT2D eigenvalue weighted by Gasteiger charge is 2.33. The summed E-state index contributed by atoms with van der Waals surface area (Å²) >= 11 is 0. The monoisotopic (exact) mass is 259 g/mol. The van der Waals surface area contributed by atoms with Gasteiger partial charge in [-0.1, -0.05) is 18.2 Å². The van der Waals surface area contributed by atoms with E-state index in [-0.39, 0.29) is 12.0 Å². The van der Waals surface area contributed by atoms with Crippen molar-refractivity contribution in [3.05, 3.63) is 30.0 Å². The molecule has 1 atom stereocenters. The molecule has 4 nitrogen and oxygen atoms in total. The molecule has 0 amide bonds. The summed E-state index contributed by atoms with van der Waals surface area (Å²) in [6.07, 6.45) is 3.05. The van der Waals surface area contributed by atoms with E-state index in [1.165, 1.54) is 5.39 Å². The van der Waals surface area contributed by atoms with E-state index in [0.717, 1.165) is 43.6 Å². The zero-order valence-corrected chi connectivity index (χ0v) is 11.4. The third-order valence-electron chi connectivity index (χ3n) is 4.27. The molecule has 0 radical (unpaired) electrons. The molecule has 4 heteroatoms. The molecule has 0 aliphatic carbocycles. The number of aliphatic hydroxyl groups excluding tert-OH is 1. The van der Waals surface area contributed by atoms with E-state index in [0.29, 0.717) is 0 Å². The molecule has 19 heavy (non-hydrogen) atoms. The summed E-state index contributed by atoms with van der Waals surface area (Å²) in [5, 5.41) is 19.1. The maximum atomic E-state index is 9.81. The molecule has 1 aliphatic heterocycles. The molecule has 1 fully saturated rings. The van der Waals surface area contributed by atoms with Crippen LogP contribution < -0.4 is 5.32 Å². The van der Waals surface area contributed by atoms with Gasteiger partial charge in [0.2, 0.25) is 0 Å². The van der Waals surface area contributed by atoms with Crippen LogP contribution in [0.3, 0.4) is 0 Å². The summed E-state index contributed by atoms with van der Waals surface area (Å²) in [4.78, 5) is 0. The third kappa shape index (κ3) is 2.26. The molecule has 1 saturated heterocycles. The fourth-order valence-corrected chi connectivity index (χ4v) is 3.15. The van der Waals surface area contributed by atoms with Crippen LogP contribution in [0, 0.1) is 5.41 Å². The van der Waals surface area contributed by atoms with Gasteiger partial charge >= 0.3 is 0 Å². The van der Waals surface area contributed by atoms with Gasteiger partial charge in [-0.05, 0) is 25.5 Å². The Kier molecular flexibility index (Phi) is 3.29. The van der Waals surface area contributed by atoms with Crippen molar-refractivity contribution in [2.75, 3.05) is 19.7 Å². The first-order valence-electron chi connectivity index (χ1n) is 6.96. The van der Waals surface area contributed by atoms with Gasteiger partial charge in [0.1, 0.15) is 0 Å². The van der Waals surface area contributed by atoms with Crippen molar-refractivity contribution in [3.63, 3.8) is 0 Å². The third-order valence-corrected chi connectivity index (χ3v) is 4.27. The predicted octanol–water partition coefficient (Wildman–Crippen LogP) is 1.48. The molecule has 0 bridgehead atoms. The maximum Gasteiger partial charge on any atom is 0.0710 e. The number of benzene rings is 1. The van der Waals surface area contributed by atoms with E-state index in [9.17, 15) is 5.11 Å². The van der Waals surface area contributed by atoms with Crippen molar-refractivity contribution in [2.45, 2.75) is 19.3 Å². The number of aliphatic hydroxyl groups is 1. The molecule has 2 N–H and O–H groups in total. The van der Waals surface area contributed by atoms with Crippen LogP contribution in [0.5, 0.6) is 0 Å². The number of nitrogens with one attached hydrogen (secondary N) is 1. The highest BCUT2D eigenvalue weighted by molar-refractivity contribution is 5.81. The Morgan fingerprint density at radius 3 is 3.00 bits per heavy atom. The molecule has 0 spiro atoms. The number of hydrogen-bond acceptors (Lipinski definition) is 3. The number of hydrogen-bond donors (Lipinski definition) is 2. The number of aryl methyl sites for hydroxylation is 1. The Morgan fingerprint density at radius 2 is 2.26 bits per heavy atom. The van der Waals surface area contributed by atoms with Gasteiger partial charge in [0.15, 0.2) is 0 Å². The number of piperidine rings is 1. The van der Waals surface area contributed by atoms with E-state index < -0.39 is 0 Å². The number of para-hydroxylation sites is 1. The lowest BCUT2D eigenvalue weighted by molar-refractivity contribution is 0.0940. The van der Waals surface area contributed by atoms with Crippen molar-refractivity contribution in [2.24, 2.45) is 12.5 Å². The SMILES string of the molecule is Cn1nc(CC2(CO)CCCNC2)c2ccccc21. The van der Waals surface area contributed by atoms with E-state index in [4.69, 9.17) is 0 Å². The number of nitrogens with zero attached hydrogens (tertiary/aromatic N) is 2. The number of rotatable bonds is 3. The second-order valence-corrected chi connectivity index (χ2v) is 5.70. The van der Waals surface area contributed by atoms with Gasteiger partial charge in [-0.3, -0.25) is 4.68 Å². The van der Waals surface area contributed by atoms with E-state index in [1.807, 2.05) is 17.8 Å². The highest BCUT2D eigenvalue weighted by Crippen LogP contribution is 2.32. The van der Waals surface area contributed by atoms with E-state index >= 15 is 0 Å². The first kappa shape index (κ1) is 12.6.